The Bertz CT molecular complexity index is 442. The molecular formula is C8H4BrF3N2O2. The second-order valence-corrected chi connectivity index (χ2v) is 3.24. The summed E-state index contributed by atoms with van der Waals surface area (Å²) in [7, 11) is 1.26. The third-order valence-corrected chi connectivity index (χ3v) is 2.03. The number of alkyl halides is 3. The van der Waals surface area contributed by atoms with Gasteiger partial charge in [-0.1, -0.05) is 0 Å². The Hall–Kier alpha value is -1.49. The van der Waals surface area contributed by atoms with Crippen molar-refractivity contribution in [3.8, 4) is 17.6 Å². The summed E-state index contributed by atoms with van der Waals surface area (Å²) >= 11 is 2.94. The molecule has 0 aromatic carbocycles. The van der Waals surface area contributed by atoms with Crippen LogP contribution in [-0.2, 0) is 0 Å². The van der Waals surface area contributed by atoms with Crippen molar-refractivity contribution in [3.63, 3.8) is 0 Å². The molecule has 0 N–H and O–H groups in total. The van der Waals surface area contributed by atoms with Gasteiger partial charge in [-0.05, 0) is 15.9 Å². The fraction of sp³-hybridized carbons (Fsp3) is 0.250. The number of rotatable bonds is 2. The van der Waals surface area contributed by atoms with Gasteiger partial charge in [0.1, 0.15) is 10.7 Å². The van der Waals surface area contributed by atoms with E-state index in [0.717, 1.165) is 6.07 Å². The third kappa shape index (κ3) is 3.00. The molecule has 4 nitrogen and oxygen atoms in total. The van der Waals surface area contributed by atoms with Gasteiger partial charge in [0.05, 0.1) is 7.11 Å². The maximum absolute atomic E-state index is 12.0. The summed E-state index contributed by atoms with van der Waals surface area (Å²) in [6, 6.07) is 2.42. The summed E-state index contributed by atoms with van der Waals surface area (Å²) < 4.78 is 44.4. The second-order valence-electron chi connectivity index (χ2n) is 2.49. The maximum Gasteiger partial charge on any atom is 0.573 e. The van der Waals surface area contributed by atoms with Crippen LogP contribution in [0.2, 0.25) is 0 Å². The van der Waals surface area contributed by atoms with Crippen LogP contribution in [0.1, 0.15) is 5.69 Å². The molecule has 0 saturated heterocycles. The van der Waals surface area contributed by atoms with Crippen LogP contribution in [0.4, 0.5) is 13.2 Å². The first-order chi connectivity index (χ1) is 7.37. The van der Waals surface area contributed by atoms with Gasteiger partial charge in [0.2, 0.25) is 0 Å². The molecule has 0 aliphatic rings. The molecule has 0 fully saturated rings. The van der Waals surface area contributed by atoms with Crippen molar-refractivity contribution >= 4 is 15.9 Å². The second kappa shape index (κ2) is 4.57. The number of nitriles is 1. The van der Waals surface area contributed by atoms with Gasteiger partial charge in [-0.15, -0.1) is 13.2 Å². The minimum atomic E-state index is -4.88. The molecule has 1 heterocycles. The highest BCUT2D eigenvalue weighted by atomic mass is 79.9. The van der Waals surface area contributed by atoms with Crippen LogP contribution in [-0.4, -0.2) is 18.5 Å². The van der Waals surface area contributed by atoms with Crippen molar-refractivity contribution in [1.82, 2.24) is 4.98 Å². The Morgan fingerprint density at radius 3 is 2.50 bits per heavy atom. The smallest absolute Gasteiger partial charge is 0.494 e. The Balaban J connectivity index is 3.21. The first-order valence-electron chi connectivity index (χ1n) is 3.77. The van der Waals surface area contributed by atoms with Gasteiger partial charge in [0, 0.05) is 6.07 Å². The normalized spacial score (nSPS) is 10.8. The van der Waals surface area contributed by atoms with Crippen molar-refractivity contribution in [2.24, 2.45) is 0 Å². The van der Waals surface area contributed by atoms with E-state index in [1.54, 1.807) is 0 Å². The molecule has 0 atom stereocenters. The van der Waals surface area contributed by atoms with Gasteiger partial charge in [0.15, 0.2) is 17.2 Å². The van der Waals surface area contributed by atoms with Crippen LogP contribution in [0.15, 0.2) is 10.7 Å². The highest BCUT2D eigenvalue weighted by Gasteiger charge is 2.33. The molecular weight excluding hydrogens is 293 g/mol. The molecule has 0 radical (unpaired) electrons. The number of hydrogen-bond acceptors (Lipinski definition) is 4. The van der Waals surface area contributed by atoms with Crippen molar-refractivity contribution in [2.45, 2.75) is 6.36 Å². The molecule has 1 rings (SSSR count). The van der Waals surface area contributed by atoms with E-state index < -0.39 is 17.8 Å². The van der Waals surface area contributed by atoms with Gasteiger partial charge in [-0.3, -0.25) is 0 Å². The van der Waals surface area contributed by atoms with Crippen molar-refractivity contribution in [3.05, 3.63) is 16.4 Å². The lowest BCUT2D eigenvalue weighted by Gasteiger charge is -2.11. The van der Waals surface area contributed by atoms with Crippen LogP contribution >= 0.6 is 15.9 Å². The minimum absolute atomic E-state index is 0.0400. The molecule has 0 bridgehead atoms. The van der Waals surface area contributed by atoms with E-state index in [1.807, 2.05) is 0 Å². The van der Waals surface area contributed by atoms with Crippen molar-refractivity contribution < 1.29 is 22.6 Å². The molecule has 0 spiro atoms. The predicted octanol–water partition coefficient (Wildman–Crippen LogP) is 2.62. The zero-order valence-electron chi connectivity index (χ0n) is 7.80. The van der Waals surface area contributed by atoms with E-state index in [0.29, 0.717) is 0 Å². The molecule has 1 aromatic rings. The zero-order chi connectivity index (χ0) is 12.3. The molecule has 0 amide bonds. The first kappa shape index (κ1) is 12.6. The lowest BCUT2D eigenvalue weighted by atomic mass is 10.3. The average Bonchev–Trinajstić information content (AvgIpc) is 2.18. The number of nitrogens with zero attached hydrogens (tertiary/aromatic N) is 2. The lowest BCUT2D eigenvalue weighted by Crippen LogP contribution is -2.18. The summed E-state index contributed by atoms with van der Waals surface area (Å²) in [5.41, 5.74) is -0.481. The molecule has 0 aliphatic carbocycles. The Morgan fingerprint density at radius 2 is 2.06 bits per heavy atom. The van der Waals surface area contributed by atoms with E-state index in [-0.39, 0.29) is 10.4 Å². The largest absolute Gasteiger partial charge is 0.573 e. The van der Waals surface area contributed by atoms with Crippen molar-refractivity contribution in [1.29, 1.82) is 5.26 Å². The highest BCUT2D eigenvalue weighted by molar-refractivity contribution is 9.10. The zero-order valence-corrected chi connectivity index (χ0v) is 9.39. The molecule has 0 unspecified atom stereocenters. The first-order valence-corrected chi connectivity index (χ1v) is 4.57. The van der Waals surface area contributed by atoms with E-state index in [1.165, 1.54) is 13.2 Å². The van der Waals surface area contributed by atoms with Gasteiger partial charge >= 0.3 is 6.36 Å². The van der Waals surface area contributed by atoms with E-state index in [9.17, 15) is 13.2 Å². The molecule has 8 heteroatoms. The van der Waals surface area contributed by atoms with Crippen LogP contribution in [0, 0.1) is 11.3 Å². The standard InChI is InChI=1S/C8H4BrF3N2O2/c1-15-6-2-5(16-8(10,11)12)4(3-13)14-7(6)9/h2H,1H3. The van der Waals surface area contributed by atoms with Crippen LogP contribution < -0.4 is 9.47 Å². The van der Waals surface area contributed by atoms with E-state index >= 15 is 0 Å². The van der Waals surface area contributed by atoms with Gasteiger partial charge in [-0.2, -0.15) is 5.26 Å². The molecule has 0 saturated carbocycles. The lowest BCUT2D eigenvalue weighted by molar-refractivity contribution is -0.274. The molecule has 86 valence electrons. The van der Waals surface area contributed by atoms with E-state index in [2.05, 4.69) is 25.7 Å². The molecule has 16 heavy (non-hydrogen) atoms. The summed E-state index contributed by atoms with van der Waals surface area (Å²) in [6.45, 7) is 0. The number of halogens is 4. The Morgan fingerprint density at radius 1 is 1.44 bits per heavy atom. The summed E-state index contributed by atoms with van der Waals surface area (Å²) in [4.78, 5) is 3.55. The molecule has 1 aromatic heterocycles. The topological polar surface area (TPSA) is 55.1 Å². The van der Waals surface area contributed by atoms with Crippen LogP contribution in [0.25, 0.3) is 0 Å². The summed E-state index contributed by atoms with van der Waals surface area (Å²) in [6.07, 6.45) is -4.88. The average molecular weight is 297 g/mol. The van der Waals surface area contributed by atoms with Gasteiger partial charge in [-0.25, -0.2) is 4.98 Å². The van der Waals surface area contributed by atoms with Crippen LogP contribution in [0.3, 0.4) is 0 Å². The van der Waals surface area contributed by atoms with Gasteiger partial charge in [0.25, 0.3) is 0 Å². The Kier molecular flexibility index (Phi) is 3.59. The fourth-order valence-corrected chi connectivity index (χ4v) is 1.33. The number of pyridine rings is 1. The minimum Gasteiger partial charge on any atom is -0.494 e. The predicted molar refractivity (Wildman–Crippen MR) is 49.9 cm³/mol. The maximum atomic E-state index is 12.0. The van der Waals surface area contributed by atoms with Crippen LogP contribution in [0.5, 0.6) is 11.5 Å². The highest BCUT2D eigenvalue weighted by Crippen LogP contribution is 2.32. The number of aromatic nitrogens is 1. The summed E-state index contributed by atoms with van der Waals surface area (Å²) in [5.74, 6) is -0.659. The van der Waals surface area contributed by atoms with Crippen molar-refractivity contribution in [2.75, 3.05) is 7.11 Å². The summed E-state index contributed by atoms with van der Waals surface area (Å²) in [5, 5.41) is 8.58. The number of ether oxygens (including phenoxy) is 2. The monoisotopic (exact) mass is 296 g/mol. The SMILES string of the molecule is COc1cc(OC(F)(F)F)c(C#N)nc1Br. The third-order valence-electron chi connectivity index (χ3n) is 1.46. The Labute approximate surface area is 96.7 Å². The number of hydrogen-bond donors (Lipinski definition) is 0. The van der Waals surface area contributed by atoms with E-state index in [4.69, 9.17) is 10.00 Å². The molecule has 0 aliphatic heterocycles. The quantitative estimate of drug-likeness (QED) is 0.787. The fourth-order valence-electron chi connectivity index (χ4n) is 0.881. The number of methoxy groups -OCH3 is 1. The van der Waals surface area contributed by atoms with Gasteiger partial charge < -0.3 is 9.47 Å².